The van der Waals surface area contributed by atoms with Gasteiger partial charge in [-0.25, -0.2) is 0 Å². The smallest absolute Gasteiger partial charge is 0.0198 e. The molecule has 0 saturated heterocycles. The zero-order valence-corrected chi connectivity index (χ0v) is 9.81. The molecule has 1 nitrogen and oxygen atoms in total. The average Bonchev–Trinajstić information content (AvgIpc) is 2.99. The molecule has 0 aromatic rings. The lowest BCUT2D eigenvalue weighted by Crippen LogP contribution is -2.30. The largest absolute Gasteiger partial charge is 0.299 e. The van der Waals surface area contributed by atoms with E-state index < -0.39 is 0 Å². The van der Waals surface area contributed by atoms with E-state index in [0.717, 1.165) is 24.1 Å². The van der Waals surface area contributed by atoms with Gasteiger partial charge in [0.15, 0.2) is 0 Å². The summed E-state index contributed by atoms with van der Waals surface area (Å²) in [4.78, 5) is 2.61. The molecule has 2 heteroatoms. The summed E-state index contributed by atoms with van der Waals surface area (Å²) >= 11 is 4.28. The molecule has 0 aliphatic heterocycles. The van der Waals surface area contributed by atoms with Crippen molar-refractivity contribution in [3.8, 4) is 0 Å². The minimum atomic E-state index is 0.839. The van der Waals surface area contributed by atoms with Gasteiger partial charge < -0.3 is 0 Å². The van der Waals surface area contributed by atoms with E-state index in [1.54, 1.807) is 0 Å². The highest BCUT2D eigenvalue weighted by molar-refractivity contribution is 7.80. The molecule has 0 N–H and O–H groups in total. The summed E-state index contributed by atoms with van der Waals surface area (Å²) in [5.74, 6) is 2.84. The predicted octanol–water partition coefficient (Wildman–Crippen LogP) is 2.59. The van der Waals surface area contributed by atoms with Crippen LogP contribution in [0.4, 0.5) is 0 Å². The molecule has 0 unspecified atom stereocenters. The third-order valence-corrected chi connectivity index (χ3v) is 3.54. The summed E-state index contributed by atoms with van der Waals surface area (Å²) in [5, 5.41) is 0. The van der Waals surface area contributed by atoms with Crippen LogP contribution in [0.15, 0.2) is 12.2 Å². The second-order valence-electron chi connectivity index (χ2n) is 4.99. The van der Waals surface area contributed by atoms with Crippen LogP contribution < -0.4 is 0 Å². The van der Waals surface area contributed by atoms with E-state index in [1.165, 1.54) is 44.3 Å². The van der Waals surface area contributed by atoms with Gasteiger partial charge in [0.1, 0.15) is 0 Å². The Labute approximate surface area is 93.0 Å². The lowest BCUT2D eigenvalue weighted by molar-refractivity contribution is 0.273. The van der Waals surface area contributed by atoms with Crippen molar-refractivity contribution in [1.29, 1.82) is 0 Å². The molecule has 0 spiro atoms. The summed E-state index contributed by atoms with van der Waals surface area (Å²) in [6.07, 6.45) is 5.81. The van der Waals surface area contributed by atoms with Gasteiger partial charge in [0, 0.05) is 25.4 Å². The van der Waals surface area contributed by atoms with E-state index in [9.17, 15) is 0 Å². The molecular formula is C12H21NS. The molecule has 0 radical (unpaired) electrons. The molecule has 2 saturated carbocycles. The van der Waals surface area contributed by atoms with Crippen LogP contribution in [0.25, 0.3) is 0 Å². The van der Waals surface area contributed by atoms with Gasteiger partial charge in [0.25, 0.3) is 0 Å². The molecular weight excluding hydrogens is 190 g/mol. The topological polar surface area (TPSA) is 3.24 Å². The first-order valence-electron chi connectivity index (χ1n) is 5.78. The molecule has 0 aromatic carbocycles. The maximum Gasteiger partial charge on any atom is 0.0198 e. The Morgan fingerprint density at radius 3 is 2.00 bits per heavy atom. The maximum absolute atomic E-state index is 4.28. The van der Waals surface area contributed by atoms with Crippen LogP contribution in [0, 0.1) is 11.8 Å². The van der Waals surface area contributed by atoms with Crippen LogP contribution in [0.1, 0.15) is 25.7 Å². The van der Waals surface area contributed by atoms with Gasteiger partial charge in [0.05, 0.1) is 0 Å². The van der Waals surface area contributed by atoms with E-state index in [-0.39, 0.29) is 0 Å². The lowest BCUT2D eigenvalue weighted by Gasteiger charge is -2.22. The van der Waals surface area contributed by atoms with Gasteiger partial charge in [-0.3, -0.25) is 4.90 Å². The molecule has 2 aliphatic rings. The zero-order valence-electron chi connectivity index (χ0n) is 8.91. The van der Waals surface area contributed by atoms with E-state index >= 15 is 0 Å². The minimum absolute atomic E-state index is 0.839. The van der Waals surface area contributed by atoms with Gasteiger partial charge in [-0.2, -0.15) is 12.6 Å². The van der Waals surface area contributed by atoms with Crippen LogP contribution in [0.5, 0.6) is 0 Å². The van der Waals surface area contributed by atoms with Gasteiger partial charge >= 0.3 is 0 Å². The lowest BCUT2D eigenvalue weighted by atomic mass is 10.2. The van der Waals surface area contributed by atoms with Crippen LogP contribution >= 0.6 is 12.6 Å². The average molecular weight is 211 g/mol. The molecule has 80 valence electrons. The fourth-order valence-corrected chi connectivity index (χ4v) is 2.00. The Hall–Kier alpha value is 0.0500. The zero-order chi connectivity index (χ0) is 9.97. The van der Waals surface area contributed by atoms with Crippen molar-refractivity contribution in [2.45, 2.75) is 25.7 Å². The molecule has 0 bridgehead atoms. The van der Waals surface area contributed by atoms with Gasteiger partial charge in [-0.15, -0.1) is 0 Å². The standard InChI is InChI=1S/C12H21NS/c1-10(9-14)6-13(7-11-2-3-11)8-12-4-5-12/h11-12,14H,1-9H2. The first kappa shape index (κ1) is 10.6. The summed E-state index contributed by atoms with van der Waals surface area (Å²) < 4.78 is 0. The summed E-state index contributed by atoms with van der Waals surface area (Å²) in [7, 11) is 0. The molecule has 14 heavy (non-hydrogen) atoms. The van der Waals surface area contributed by atoms with E-state index in [0.29, 0.717) is 0 Å². The monoisotopic (exact) mass is 211 g/mol. The van der Waals surface area contributed by atoms with Crippen molar-refractivity contribution in [3.63, 3.8) is 0 Å². The Bertz CT molecular complexity index is 192. The van der Waals surface area contributed by atoms with E-state index in [1.807, 2.05) is 0 Å². The first-order valence-corrected chi connectivity index (χ1v) is 6.41. The third-order valence-electron chi connectivity index (χ3n) is 3.10. The Balaban J connectivity index is 1.73. The molecule has 2 rings (SSSR count). The molecule has 0 aromatic heterocycles. The number of hydrogen-bond donors (Lipinski definition) is 1. The highest BCUT2D eigenvalue weighted by atomic mass is 32.1. The Morgan fingerprint density at radius 2 is 1.64 bits per heavy atom. The molecule has 2 aliphatic carbocycles. The van der Waals surface area contributed by atoms with Crippen molar-refractivity contribution in [1.82, 2.24) is 4.90 Å². The van der Waals surface area contributed by atoms with Crippen molar-refractivity contribution in [2.24, 2.45) is 11.8 Å². The van der Waals surface area contributed by atoms with Crippen molar-refractivity contribution in [2.75, 3.05) is 25.4 Å². The fourth-order valence-electron chi connectivity index (χ4n) is 1.90. The quantitative estimate of drug-likeness (QED) is 0.500. The first-order chi connectivity index (χ1) is 6.78. The number of thiol groups is 1. The minimum Gasteiger partial charge on any atom is -0.299 e. The second-order valence-corrected chi connectivity index (χ2v) is 5.31. The third kappa shape index (κ3) is 3.66. The Kier molecular flexibility index (Phi) is 3.56. The summed E-state index contributed by atoms with van der Waals surface area (Å²) in [6.45, 7) is 7.75. The van der Waals surface area contributed by atoms with Gasteiger partial charge in [-0.1, -0.05) is 12.2 Å². The SMILES string of the molecule is C=C(CS)CN(CC1CC1)CC1CC1. The normalized spacial score (nSPS) is 21.6. The van der Waals surface area contributed by atoms with Crippen LogP contribution in [0.3, 0.4) is 0 Å². The molecule has 2 fully saturated rings. The summed E-state index contributed by atoms with van der Waals surface area (Å²) in [5.41, 5.74) is 1.27. The van der Waals surface area contributed by atoms with Crippen LogP contribution in [-0.2, 0) is 0 Å². The van der Waals surface area contributed by atoms with Crippen LogP contribution in [0.2, 0.25) is 0 Å². The molecule has 0 atom stereocenters. The highest BCUT2D eigenvalue weighted by Crippen LogP contribution is 2.33. The molecule has 0 amide bonds. The second kappa shape index (κ2) is 4.71. The van der Waals surface area contributed by atoms with Crippen molar-refractivity contribution < 1.29 is 0 Å². The number of nitrogens with zero attached hydrogens (tertiary/aromatic N) is 1. The fraction of sp³-hybridized carbons (Fsp3) is 0.833. The Morgan fingerprint density at radius 1 is 1.14 bits per heavy atom. The molecule has 0 heterocycles. The van der Waals surface area contributed by atoms with Gasteiger partial charge in [-0.05, 0) is 37.5 Å². The van der Waals surface area contributed by atoms with Crippen molar-refractivity contribution in [3.05, 3.63) is 12.2 Å². The van der Waals surface area contributed by atoms with Crippen molar-refractivity contribution >= 4 is 12.6 Å². The number of hydrogen-bond acceptors (Lipinski definition) is 2. The van der Waals surface area contributed by atoms with Gasteiger partial charge in [0.2, 0.25) is 0 Å². The van der Waals surface area contributed by atoms with Crippen LogP contribution in [-0.4, -0.2) is 30.3 Å². The van der Waals surface area contributed by atoms with E-state index in [2.05, 4.69) is 24.1 Å². The maximum atomic E-state index is 4.28. The van der Waals surface area contributed by atoms with E-state index in [4.69, 9.17) is 0 Å². The highest BCUT2D eigenvalue weighted by Gasteiger charge is 2.28. The summed E-state index contributed by atoms with van der Waals surface area (Å²) in [6, 6.07) is 0. The number of rotatable bonds is 7. The predicted molar refractivity (Wildman–Crippen MR) is 64.9 cm³/mol.